The third-order valence-corrected chi connectivity index (χ3v) is 3.17. The highest BCUT2D eigenvalue weighted by Gasteiger charge is 2.23. The molecule has 0 amide bonds. The van der Waals surface area contributed by atoms with Crippen LogP contribution in [0.2, 0.25) is 0 Å². The molecule has 1 aliphatic heterocycles. The smallest absolute Gasteiger partial charge is 0.138 e. The van der Waals surface area contributed by atoms with E-state index >= 15 is 0 Å². The summed E-state index contributed by atoms with van der Waals surface area (Å²) >= 11 is 0. The SMILES string of the molecule is CC1CN(Cc2ccc(F)cc2F)CCC1=O. The van der Waals surface area contributed by atoms with Crippen LogP contribution >= 0.6 is 0 Å². The summed E-state index contributed by atoms with van der Waals surface area (Å²) < 4.78 is 26.2. The molecule has 1 fully saturated rings. The number of carbonyl (C=O) groups excluding carboxylic acids is 1. The van der Waals surface area contributed by atoms with Gasteiger partial charge in [-0.25, -0.2) is 8.78 Å². The van der Waals surface area contributed by atoms with E-state index in [9.17, 15) is 13.6 Å². The van der Waals surface area contributed by atoms with Crippen LogP contribution in [0.25, 0.3) is 0 Å². The molecule has 0 bridgehead atoms. The number of hydrogen-bond acceptors (Lipinski definition) is 2. The maximum absolute atomic E-state index is 13.4. The second kappa shape index (κ2) is 4.92. The van der Waals surface area contributed by atoms with E-state index < -0.39 is 11.6 Å². The van der Waals surface area contributed by atoms with Crippen LogP contribution in [0.15, 0.2) is 18.2 Å². The summed E-state index contributed by atoms with van der Waals surface area (Å²) in [6.07, 6.45) is 0.518. The number of ketones is 1. The molecule has 1 saturated heterocycles. The summed E-state index contributed by atoms with van der Waals surface area (Å²) in [5.41, 5.74) is 0.480. The summed E-state index contributed by atoms with van der Waals surface area (Å²) in [5, 5.41) is 0. The average Bonchev–Trinajstić information content (AvgIpc) is 2.27. The van der Waals surface area contributed by atoms with Crippen LogP contribution in [0, 0.1) is 17.6 Å². The summed E-state index contributed by atoms with van der Waals surface area (Å²) in [6, 6.07) is 3.62. The molecule has 1 atom stereocenters. The third kappa shape index (κ3) is 2.88. The Bertz CT molecular complexity index is 433. The van der Waals surface area contributed by atoms with Crippen molar-refractivity contribution in [3.63, 3.8) is 0 Å². The number of nitrogens with zero attached hydrogens (tertiary/aromatic N) is 1. The van der Waals surface area contributed by atoms with E-state index in [4.69, 9.17) is 0 Å². The van der Waals surface area contributed by atoms with Crippen LogP contribution in [0.3, 0.4) is 0 Å². The van der Waals surface area contributed by atoms with E-state index in [1.165, 1.54) is 12.1 Å². The van der Waals surface area contributed by atoms with Gasteiger partial charge in [-0.3, -0.25) is 9.69 Å². The molecule has 4 heteroatoms. The highest BCUT2D eigenvalue weighted by Crippen LogP contribution is 2.17. The molecule has 0 radical (unpaired) electrons. The van der Waals surface area contributed by atoms with Crippen molar-refractivity contribution in [3.8, 4) is 0 Å². The van der Waals surface area contributed by atoms with Gasteiger partial charge in [0.25, 0.3) is 0 Å². The van der Waals surface area contributed by atoms with Gasteiger partial charge in [0.05, 0.1) is 0 Å². The Morgan fingerprint density at radius 2 is 2.18 bits per heavy atom. The van der Waals surface area contributed by atoms with Gasteiger partial charge in [0, 0.05) is 43.6 Å². The minimum Gasteiger partial charge on any atom is -0.299 e. The Morgan fingerprint density at radius 3 is 2.82 bits per heavy atom. The molecular formula is C13H15F2NO. The molecule has 2 rings (SSSR count). The quantitative estimate of drug-likeness (QED) is 0.789. The molecule has 92 valence electrons. The summed E-state index contributed by atoms with van der Waals surface area (Å²) in [6.45, 7) is 3.62. The van der Waals surface area contributed by atoms with Crippen molar-refractivity contribution in [1.29, 1.82) is 0 Å². The zero-order valence-electron chi connectivity index (χ0n) is 9.75. The molecule has 1 aromatic rings. The van der Waals surface area contributed by atoms with Gasteiger partial charge < -0.3 is 0 Å². The minimum atomic E-state index is -0.562. The first-order chi connectivity index (χ1) is 8.06. The zero-order chi connectivity index (χ0) is 12.4. The topological polar surface area (TPSA) is 20.3 Å². The molecule has 0 N–H and O–H groups in total. The fourth-order valence-electron chi connectivity index (χ4n) is 2.13. The highest BCUT2D eigenvalue weighted by atomic mass is 19.1. The number of likely N-dealkylation sites (tertiary alicyclic amines) is 1. The second-order valence-electron chi connectivity index (χ2n) is 4.59. The van der Waals surface area contributed by atoms with Gasteiger partial charge in [0.15, 0.2) is 0 Å². The normalized spacial score (nSPS) is 21.8. The Morgan fingerprint density at radius 1 is 1.41 bits per heavy atom. The van der Waals surface area contributed by atoms with E-state index in [-0.39, 0.29) is 11.7 Å². The zero-order valence-corrected chi connectivity index (χ0v) is 9.75. The van der Waals surface area contributed by atoms with Crippen molar-refractivity contribution in [3.05, 3.63) is 35.4 Å². The molecule has 1 aliphatic rings. The second-order valence-corrected chi connectivity index (χ2v) is 4.59. The molecule has 0 saturated carbocycles. The number of Topliss-reactive ketones (excluding diaryl/α,β-unsaturated/α-hetero) is 1. The lowest BCUT2D eigenvalue weighted by Gasteiger charge is -2.29. The first kappa shape index (κ1) is 12.2. The fourth-order valence-corrected chi connectivity index (χ4v) is 2.13. The molecule has 1 heterocycles. The molecule has 1 aromatic carbocycles. The molecule has 0 aromatic heterocycles. The number of piperidine rings is 1. The number of rotatable bonds is 2. The lowest BCUT2D eigenvalue weighted by molar-refractivity contribution is -0.125. The molecule has 17 heavy (non-hydrogen) atoms. The van der Waals surface area contributed by atoms with Gasteiger partial charge in [-0.1, -0.05) is 13.0 Å². The lowest BCUT2D eigenvalue weighted by Crippen LogP contribution is -2.39. The van der Waals surface area contributed by atoms with Crippen LogP contribution in [0.5, 0.6) is 0 Å². The molecule has 1 unspecified atom stereocenters. The first-order valence-electron chi connectivity index (χ1n) is 5.75. The highest BCUT2D eigenvalue weighted by molar-refractivity contribution is 5.81. The summed E-state index contributed by atoms with van der Waals surface area (Å²) in [7, 11) is 0. The van der Waals surface area contributed by atoms with E-state index in [2.05, 4.69) is 0 Å². The van der Waals surface area contributed by atoms with Gasteiger partial charge in [0.1, 0.15) is 17.4 Å². The lowest BCUT2D eigenvalue weighted by atomic mass is 9.98. The molecule has 2 nitrogen and oxygen atoms in total. The van der Waals surface area contributed by atoms with Gasteiger partial charge in [-0.15, -0.1) is 0 Å². The van der Waals surface area contributed by atoms with Crippen LogP contribution < -0.4 is 0 Å². The van der Waals surface area contributed by atoms with Gasteiger partial charge >= 0.3 is 0 Å². The monoisotopic (exact) mass is 239 g/mol. The molecule has 0 spiro atoms. The minimum absolute atomic E-state index is 0.00672. The van der Waals surface area contributed by atoms with Crippen LogP contribution in [0.1, 0.15) is 18.9 Å². The maximum atomic E-state index is 13.4. The van der Waals surface area contributed by atoms with Crippen LogP contribution in [-0.4, -0.2) is 23.8 Å². The third-order valence-electron chi connectivity index (χ3n) is 3.17. The van der Waals surface area contributed by atoms with E-state index in [0.29, 0.717) is 31.6 Å². The van der Waals surface area contributed by atoms with Crippen molar-refractivity contribution < 1.29 is 13.6 Å². The Balaban J connectivity index is 2.03. The average molecular weight is 239 g/mol. The van der Waals surface area contributed by atoms with Crippen LogP contribution in [-0.2, 0) is 11.3 Å². The van der Waals surface area contributed by atoms with Crippen molar-refractivity contribution >= 4 is 5.78 Å². The van der Waals surface area contributed by atoms with E-state index in [1.54, 1.807) is 0 Å². The van der Waals surface area contributed by atoms with Gasteiger partial charge in [0.2, 0.25) is 0 Å². The van der Waals surface area contributed by atoms with Gasteiger partial charge in [-0.05, 0) is 6.07 Å². The maximum Gasteiger partial charge on any atom is 0.138 e. The van der Waals surface area contributed by atoms with E-state index in [1.807, 2.05) is 11.8 Å². The summed E-state index contributed by atoms with van der Waals surface area (Å²) in [4.78, 5) is 13.4. The van der Waals surface area contributed by atoms with Crippen molar-refractivity contribution in [1.82, 2.24) is 4.90 Å². The predicted octanol–water partition coefficient (Wildman–Crippen LogP) is 2.38. The Kier molecular flexibility index (Phi) is 3.52. The fraction of sp³-hybridized carbons (Fsp3) is 0.462. The Hall–Kier alpha value is -1.29. The first-order valence-corrected chi connectivity index (χ1v) is 5.75. The van der Waals surface area contributed by atoms with E-state index in [0.717, 1.165) is 6.07 Å². The largest absolute Gasteiger partial charge is 0.299 e. The standard InChI is InChI=1S/C13H15F2NO/c1-9-7-16(5-4-13(9)17)8-10-2-3-11(14)6-12(10)15/h2-3,6,9H,4-5,7-8H2,1H3. The number of hydrogen-bond donors (Lipinski definition) is 0. The summed E-state index contributed by atoms with van der Waals surface area (Å²) in [5.74, 6) is -0.809. The van der Waals surface area contributed by atoms with Gasteiger partial charge in [-0.2, -0.15) is 0 Å². The van der Waals surface area contributed by atoms with Crippen LogP contribution in [0.4, 0.5) is 8.78 Å². The number of halogens is 2. The number of benzene rings is 1. The van der Waals surface area contributed by atoms with Crippen molar-refractivity contribution in [2.75, 3.05) is 13.1 Å². The Labute approximate surface area is 99.2 Å². The predicted molar refractivity (Wildman–Crippen MR) is 60.4 cm³/mol. The van der Waals surface area contributed by atoms with Crippen molar-refractivity contribution in [2.24, 2.45) is 5.92 Å². The molecular weight excluding hydrogens is 224 g/mol. The number of carbonyl (C=O) groups is 1. The molecule has 0 aliphatic carbocycles. The van der Waals surface area contributed by atoms with Crippen molar-refractivity contribution in [2.45, 2.75) is 19.9 Å².